The SMILES string of the molecule is Cc1ccc(SC2=C(Nc3ccc(I)cc3)C(=O)N(c3ccc(C)cc3)C2=O)cc1. The lowest BCUT2D eigenvalue weighted by atomic mass is 10.2. The van der Waals surface area contributed by atoms with Crippen LogP contribution in [-0.2, 0) is 9.59 Å². The van der Waals surface area contributed by atoms with Crippen molar-refractivity contribution in [2.24, 2.45) is 0 Å². The molecule has 30 heavy (non-hydrogen) atoms. The lowest BCUT2D eigenvalue weighted by Gasteiger charge is -2.15. The number of hydrogen-bond donors (Lipinski definition) is 1. The first-order valence-electron chi connectivity index (χ1n) is 9.39. The van der Waals surface area contributed by atoms with Gasteiger partial charge in [-0.2, -0.15) is 0 Å². The van der Waals surface area contributed by atoms with Gasteiger partial charge in [-0.3, -0.25) is 9.59 Å². The summed E-state index contributed by atoms with van der Waals surface area (Å²) in [5, 5.41) is 3.18. The Morgan fingerprint density at radius 3 is 1.93 bits per heavy atom. The van der Waals surface area contributed by atoms with Gasteiger partial charge in [-0.05, 0) is 85.0 Å². The molecule has 0 aliphatic carbocycles. The van der Waals surface area contributed by atoms with E-state index in [1.807, 2.05) is 74.5 Å². The van der Waals surface area contributed by atoms with Crippen molar-refractivity contribution in [2.75, 3.05) is 10.2 Å². The quantitative estimate of drug-likeness (QED) is 0.333. The van der Waals surface area contributed by atoms with Crippen LogP contribution in [0.4, 0.5) is 11.4 Å². The predicted molar refractivity (Wildman–Crippen MR) is 131 cm³/mol. The van der Waals surface area contributed by atoms with Gasteiger partial charge in [-0.25, -0.2) is 4.90 Å². The van der Waals surface area contributed by atoms with Crippen LogP contribution in [0.5, 0.6) is 0 Å². The number of amides is 2. The van der Waals surface area contributed by atoms with Crippen molar-refractivity contribution in [2.45, 2.75) is 18.7 Å². The van der Waals surface area contributed by atoms with E-state index in [-0.39, 0.29) is 11.8 Å². The first-order chi connectivity index (χ1) is 14.4. The zero-order valence-electron chi connectivity index (χ0n) is 16.5. The van der Waals surface area contributed by atoms with Gasteiger partial charge in [-0.1, -0.05) is 47.2 Å². The first-order valence-corrected chi connectivity index (χ1v) is 11.3. The minimum absolute atomic E-state index is 0.298. The lowest BCUT2D eigenvalue weighted by molar-refractivity contribution is -0.120. The number of aryl methyl sites for hydroxylation is 2. The van der Waals surface area contributed by atoms with Crippen molar-refractivity contribution in [3.05, 3.63) is 98.1 Å². The van der Waals surface area contributed by atoms with E-state index in [1.54, 1.807) is 12.1 Å². The number of anilines is 2. The zero-order valence-corrected chi connectivity index (χ0v) is 19.5. The van der Waals surface area contributed by atoms with Crippen LogP contribution in [0.25, 0.3) is 0 Å². The summed E-state index contributed by atoms with van der Waals surface area (Å²) in [5.74, 6) is -0.667. The number of rotatable bonds is 5. The highest BCUT2D eigenvalue weighted by Gasteiger charge is 2.40. The number of nitrogens with zero attached hydrogens (tertiary/aromatic N) is 1. The summed E-state index contributed by atoms with van der Waals surface area (Å²) in [7, 11) is 0. The van der Waals surface area contributed by atoms with Crippen LogP contribution < -0.4 is 10.2 Å². The van der Waals surface area contributed by atoms with Crippen LogP contribution in [0.2, 0.25) is 0 Å². The van der Waals surface area contributed by atoms with Gasteiger partial charge in [0.25, 0.3) is 11.8 Å². The lowest BCUT2D eigenvalue weighted by Crippen LogP contribution is -2.32. The van der Waals surface area contributed by atoms with E-state index in [0.29, 0.717) is 16.3 Å². The molecule has 0 unspecified atom stereocenters. The maximum absolute atomic E-state index is 13.3. The molecule has 0 saturated carbocycles. The standard InChI is InChI=1S/C24H19IN2O2S/c1-15-3-11-19(12-4-15)27-23(28)21(26-18-9-7-17(25)8-10-18)22(24(27)29)30-20-13-5-16(2)6-14-20/h3-14,26H,1-2H3. The number of carbonyl (C=O) groups excluding carboxylic acids is 2. The van der Waals surface area contributed by atoms with Crippen LogP contribution in [-0.4, -0.2) is 11.8 Å². The van der Waals surface area contributed by atoms with Gasteiger partial charge in [0.15, 0.2) is 0 Å². The smallest absolute Gasteiger partial charge is 0.283 e. The van der Waals surface area contributed by atoms with Crippen molar-refractivity contribution in [1.29, 1.82) is 0 Å². The topological polar surface area (TPSA) is 49.4 Å². The summed E-state index contributed by atoms with van der Waals surface area (Å²) < 4.78 is 1.09. The first kappa shape index (κ1) is 20.7. The fourth-order valence-electron chi connectivity index (χ4n) is 3.04. The molecule has 3 aromatic rings. The van der Waals surface area contributed by atoms with Crippen molar-refractivity contribution < 1.29 is 9.59 Å². The Labute approximate surface area is 193 Å². The molecule has 4 rings (SSSR count). The molecule has 1 N–H and O–H groups in total. The van der Waals surface area contributed by atoms with Gasteiger partial charge in [0.1, 0.15) is 10.6 Å². The third-order valence-electron chi connectivity index (χ3n) is 4.69. The Balaban J connectivity index is 1.73. The highest BCUT2D eigenvalue weighted by atomic mass is 127. The maximum Gasteiger partial charge on any atom is 0.283 e. The number of imide groups is 1. The fourth-order valence-corrected chi connectivity index (χ4v) is 4.33. The maximum atomic E-state index is 13.3. The third-order valence-corrected chi connectivity index (χ3v) is 6.50. The van der Waals surface area contributed by atoms with Crippen molar-refractivity contribution in [1.82, 2.24) is 0 Å². The van der Waals surface area contributed by atoms with Crippen molar-refractivity contribution in [3.8, 4) is 0 Å². The molecule has 0 fully saturated rings. The molecule has 6 heteroatoms. The van der Waals surface area contributed by atoms with Gasteiger partial charge in [-0.15, -0.1) is 0 Å². The number of nitrogens with one attached hydrogen (secondary N) is 1. The molecule has 4 nitrogen and oxygen atoms in total. The predicted octanol–water partition coefficient (Wildman–Crippen LogP) is 5.90. The van der Waals surface area contributed by atoms with Crippen molar-refractivity contribution in [3.63, 3.8) is 0 Å². The van der Waals surface area contributed by atoms with E-state index >= 15 is 0 Å². The van der Waals surface area contributed by atoms with E-state index in [1.165, 1.54) is 16.7 Å². The summed E-state index contributed by atoms with van der Waals surface area (Å²) in [4.78, 5) is 29.1. The van der Waals surface area contributed by atoms with Crippen LogP contribution in [0.3, 0.4) is 0 Å². The summed E-state index contributed by atoms with van der Waals surface area (Å²) in [6, 6.07) is 23.0. The molecule has 0 saturated heterocycles. The number of halogens is 1. The number of benzene rings is 3. The highest BCUT2D eigenvalue weighted by molar-refractivity contribution is 14.1. The Kier molecular flexibility index (Phi) is 5.97. The molecule has 2 amide bonds. The fraction of sp³-hybridized carbons (Fsp3) is 0.0833. The van der Waals surface area contributed by atoms with Gasteiger partial charge in [0.2, 0.25) is 0 Å². The van der Waals surface area contributed by atoms with Gasteiger partial charge >= 0.3 is 0 Å². The highest BCUT2D eigenvalue weighted by Crippen LogP contribution is 2.38. The largest absolute Gasteiger partial charge is 0.350 e. The van der Waals surface area contributed by atoms with Gasteiger partial charge in [0.05, 0.1) is 5.69 Å². The normalized spacial score (nSPS) is 13.9. The molecule has 1 aliphatic rings. The minimum Gasteiger partial charge on any atom is -0.350 e. The average Bonchev–Trinajstić information content (AvgIpc) is 2.96. The second-order valence-corrected chi connectivity index (χ2v) is 9.36. The number of thioether (sulfide) groups is 1. The molecule has 1 heterocycles. The second-order valence-electron chi connectivity index (χ2n) is 7.03. The molecule has 3 aromatic carbocycles. The van der Waals surface area contributed by atoms with E-state index < -0.39 is 0 Å². The molecule has 0 atom stereocenters. The summed E-state index contributed by atoms with van der Waals surface area (Å²) in [6.45, 7) is 3.99. The Hall–Kier alpha value is -2.58. The molecule has 0 radical (unpaired) electrons. The molecule has 0 bridgehead atoms. The molecule has 150 valence electrons. The minimum atomic E-state index is -0.350. The van der Waals surface area contributed by atoms with Crippen LogP contribution in [0.15, 0.2) is 88.3 Å². The summed E-state index contributed by atoms with van der Waals surface area (Å²) >= 11 is 3.54. The molecule has 0 spiro atoms. The van der Waals surface area contributed by atoms with E-state index in [0.717, 1.165) is 25.3 Å². The van der Waals surface area contributed by atoms with E-state index in [2.05, 4.69) is 27.9 Å². The molecular formula is C24H19IN2O2S. The van der Waals surface area contributed by atoms with E-state index in [4.69, 9.17) is 0 Å². The molecular weight excluding hydrogens is 507 g/mol. The van der Waals surface area contributed by atoms with Gasteiger partial charge < -0.3 is 5.32 Å². The van der Waals surface area contributed by atoms with Crippen LogP contribution in [0, 0.1) is 17.4 Å². The number of carbonyl (C=O) groups is 2. The van der Waals surface area contributed by atoms with Gasteiger partial charge in [0, 0.05) is 14.2 Å². The summed E-state index contributed by atoms with van der Waals surface area (Å²) in [6.07, 6.45) is 0. The Morgan fingerprint density at radius 2 is 1.33 bits per heavy atom. The monoisotopic (exact) mass is 526 g/mol. The number of hydrogen-bond acceptors (Lipinski definition) is 4. The third kappa shape index (κ3) is 4.29. The molecule has 0 aromatic heterocycles. The zero-order chi connectivity index (χ0) is 21.3. The van der Waals surface area contributed by atoms with Crippen molar-refractivity contribution >= 4 is 57.5 Å². The Morgan fingerprint density at radius 1 is 0.767 bits per heavy atom. The van der Waals surface area contributed by atoms with Crippen LogP contribution >= 0.6 is 34.4 Å². The Bertz CT molecular complexity index is 1070. The van der Waals surface area contributed by atoms with Crippen LogP contribution in [0.1, 0.15) is 11.1 Å². The average molecular weight is 526 g/mol. The second kappa shape index (κ2) is 8.65. The summed E-state index contributed by atoms with van der Waals surface area (Å²) in [5.41, 5.74) is 3.83. The van der Waals surface area contributed by atoms with E-state index in [9.17, 15) is 9.59 Å². The molecule has 1 aliphatic heterocycles.